The molecule has 0 amide bonds. The molecular formula is C11H15NO4S. The van der Waals surface area contributed by atoms with Crippen molar-refractivity contribution in [1.29, 1.82) is 0 Å². The normalized spacial score (nSPS) is 25.7. The average molecular weight is 257 g/mol. The summed E-state index contributed by atoms with van der Waals surface area (Å²) in [6.07, 6.45) is -0.631. The fourth-order valence-electron chi connectivity index (χ4n) is 1.75. The van der Waals surface area contributed by atoms with Gasteiger partial charge in [-0.2, -0.15) is 0 Å². The molecular weight excluding hydrogens is 242 g/mol. The number of sulfone groups is 1. The van der Waals surface area contributed by atoms with Gasteiger partial charge in [0, 0.05) is 13.7 Å². The Labute approximate surface area is 101 Å². The second-order valence-electron chi connectivity index (χ2n) is 3.71. The maximum Gasteiger partial charge on any atom is 0.209 e. The van der Waals surface area contributed by atoms with Crippen LogP contribution in [0.25, 0.3) is 0 Å². The Balaban J connectivity index is 2.31. The molecule has 1 aromatic rings. The first-order chi connectivity index (χ1) is 8.16. The summed E-state index contributed by atoms with van der Waals surface area (Å²) in [5.41, 5.74) is -0.997. The Hall–Kier alpha value is -0.950. The Morgan fingerprint density at radius 1 is 1.35 bits per heavy atom. The summed E-state index contributed by atoms with van der Waals surface area (Å²) in [6.45, 7) is 0.940. The van der Waals surface area contributed by atoms with E-state index in [4.69, 9.17) is 9.47 Å². The van der Waals surface area contributed by atoms with Crippen LogP contribution in [0.15, 0.2) is 35.2 Å². The van der Waals surface area contributed by atoms with Gasteiger partial charge in [0.25, 0.3) is 0 Å². The van der Waals surface area contributed by atoms with Gasteiger partial charge < -0.3 is 9.47 Å². The first-order valence-corrected chi connectivity index (χ1v) is 6.87. The molecule has 2 rings (SSSR count). The van der Waals surface area contributed by atoms with E-state index in [0.717, 1.165) is 0 Å². The minimum Gasteiger partial charge on any atom is -0.363 e. The molecule has 17 heavy (non-hydrogen) atoms. The van der Waals surface area contributed by atoms with Crippen molar-refractivity contribution in [1.82, 2.24) is 5.32 Å². The molecule has 1 aliphatic heterocycles. The van der Waals surface area contributed by atoms with E-state index in [1.165, 1.54) is 7.11 Å². The van der Waals surface area contributed by atoms with Gasteiger partial charge in [0.1, 0.15) is 6.23 Å². The third-order valence-corrected chi connectivity index (χ3v) is 4.53. The van der Waals surface area contributed by atoms with Crippen LogP contribution >= 0.6 is 0 Å². The van der Waals surface area contributed by atoms with Crippen LogP contribution < -0.4 is 5.32 Å². The molecule has 94 valence electrons. The third-order valence-electron chi connectivity index (χ3n) is 2.61. The maximum atomic E-state index is 12.3. The molecule has 1 fully saturated rings. The summed E-state index contributed by atoms with van der Waals surface area (Å²) in [5.74, 6) is 0. The zero-order valence-electron chi connectivity index (χ0n) is 9.50. The van der Waals surface area contributed by atoms with E-state index < -0.39 is 21.5 Å². The van der Waals surface area contributed by atoms with Gasteiger partial charge in [-0.1, -0.05) is 18.2 Å². The van der Waals surface area contributed by atoms with Crippen LogP contribution in [-0.2, 0) is 19.3 Å². The number of nitrogens with one attached hydrogen (secondary N) is 1. The largest absolute Gasteiger partial charge is 0.363 e. The van der Waals surface area contributed by atoms with Crippen molar-refractivity contribution in [3.05, 3.63) is 30.3 Å². The second-order valence-corrected chi connectivity index (χ2v) is 5.73. The van der Waals surface area contributed by atoms with E-state index in [0.29, 0.717) is 13.2 Å². The molecule has 1 aliphatic rings. The van der Waals surface area contributed by atoms with Crippen molar-refractivity contribution in [2.45, 2.75) is 16.6 Å². The Morgan fingerprint density at radius 3 is 2.71 bits per heavy atom. The lowest BCUT2D eigenvalue weighted by Gasteiger charge is -2.31. The summed E-state index contributed by atoms with van der Waals surface area (Å²) in [5, 5.41) is 2.97. The average Bonchev–Trinajstić information content (AvgIpc) is 2.39. The van der Waals surface area contributed by atoms with Gasteiger partial charge in [-0.25, -0.2) is 8.42 Å². The number of hydrogen-bond donors (Lipinski definition) is 1. The molecule has 0 saturated carbocycles. The molecule has 0 bridgehead atoms. The predicted octanol–water partition coefficient (Wildman–Crippen LogP) is 0.379. The highest BCUT2D eigenvalue weighted by molar-refractivity contribution is 7.92. The molecule has 2 atom stereocenters. The van der Waals surface area contributed by atoms with E-state index in [2.05, 4.69) is 5.32 Å². The van der Waals surface area contributed by atoms with Crippen molar-refractivity contribution in [3.8, 4) is 0 Å². The Bertz CT molecular complexity index is 460. The first-order valence-electron chi connectivity index (χ1n) is 5.33. The number of hydrogen-bond acceptors (Lipinski definition) is 5. The fraction of sp³-hybridized carbons (Fsp3) is 0.455. The van der Waals surface area contributed by atoms with E-state index in [9.17, 15) is 8.42 Å². The van der Waals surface area contributed by atoms with Gasteiger partial charge in [0.15, 0.2) is 0 Å². The van der Waals surface area contributed by atoms with Crippen molar-refractivity contribution < 1.29 is 17.9 Å². The lowest BCUT2D eigenvalue weighted by molar-refractivity contribution is -0.0625. The molecule has 2 unspecified atom stereocenters. The van der Waals surface area contributed by atoms with Gasteiger partial charge in [-0.3, -0.25) is 5.32 Å². The monoisotopic (exact) mass is 257 g/mol. The van der Waals surface area contributed by atoms with Crippen LogP contribution in [-0.4, -0.2) is 40.3 Å². The third kappa shape index (κ3) is 2.50. The summed E-state index contributed by atoms with van der Waals surface area (Å²) < 4.78 is 35.0. The summed E-state index contributed by atoms with van der Waals surface area (Å²) in [4.78, 5) is 0.246. The van der Waals surface area contributed by atoms with Gasteiger partial charge in [-0.05, 0) is 12.1 Å². The molecule has 0 aliphatic carbocycles. The fourth-order valence-corrected chi connectivity index (χ4v) is 3.36. The standard InChI is InChI=1S/C11H15NO4S/c1-15-10-11(16-8-7-12-10)17(13,14)9-5-3-2-4-6-9/h2-6,10-12H,7-8H2,1H3. The van der Waals surface area contributed by atoms with Crippen LogP contribution in [0.4, 0.5) is 0 Å². The van der Waals surface area contributed by atoms with Crippen molar-refractivity contribution in [2.24, 2.45) is 0 Å². The first kappa shape index (κ1) is 12.5. The van der Waals surface area contributed by atoms with Gasteiger partial charge in [0.05, 0.1) is 11.5 Å². The van der Waals surface area contributed by atoms with E-state index in [1.54, 1.807) is 30.3 Å². The highest BCUT2D eigenvalue weighted by Crippen LogP contribution is 2.21. The van der Waals surface area contributed by atoms with E-state index in [1.807, 2.05) is 0 Å². The molecule has 1 N–H and O–H groups in total. The molecule has 0 aromatic heterocycles. The summed E-state index contributed by atoms with van der Waals surface area (Å²) in [6, 6.07) is 8.25. The predicted molar refractivity (Wildman–Crippen MR) is 62.2 cm³/mol. The smallest absolute Gasteiger partial charge is 0.209 e. The maximum absolute atomic E-state index is 12.3. The van der Waals surface area contributed by atoms with E-state index in [-0.39, 0.29) is 4.90 Å². The van der Waals surface area contributed by atoms with Crippen molar-refractivity contribution >= 4 is 9.84 Å². The number of rotatable bonds is 3. The lowest BCUT2D eigenvalue weighted by Crippen LogP contribution is -2.52. The second kappa shape index (κ2) is 5.14. The number of ether oxygens (including phenoxy) is 2. The van der Waals surface area contributed by atoms with Crippen LogP contribution in [0, 0.1) is 0 Å². The zero-order chi connectivity index (χ0) is 12.3. The molecule has 6 heteroatoms. The van der Waals surface area contributed by atoms with E-state index >= 15 is 0 Å². The number of benzene rings is 1. The zero-order valence-corrected chi connectivity index (χ0v) is 10.3. The highest BCUT2D eigenvalue weighted by Gasteiger charge is 2.37. The highest BCUT2D eigenvalue weighted by atomic mass is 32.2. The van der Waals surface area contributed by atoms with Crippen LogP contribution in [0.3, 0.4) is 0 Å². The minimum absolute atomic E-state index is 0.246. The quantitative estimate of drug-likeness (QED) is 0.848. The molecule has 0 spiro atoms. The molecule has 0 radical (unpaired) electrons. The Morgan fingerprint density at radius 2 is 2.06 bits per heavy atom. The molecule has 1 aromatic carbocycles. The van der Waals surface area contributed by atoms with Crippen molar-refractivity contribution in [2.75, 3.05) is 20.3 Å². The topological polar surface area (TPSA) is 64.6 Å². The SMILES string of the molecule is COC1NCCOC1S(=O)(=O)c1ccccc1. The van der Waals surface area contributed by atoms with Gasteiger partial charge in [0.2, 0.25) is 15.3 Å². The Kier molecular flexibility index (Phi) is 3.78. The minimum atomic E-state index is -3.53. The molecule has 5 nitrogen and oxygen atoms in total. The molecule has 1 heterocycles. The summed E-state index contributed by atoms with van der Waals surface area (Å²) in [7, 11) is -2.07. The van der Waals surface area contributed by atoms with Crippen LogP contribution in [0.1, 0.15) is 0 Å². The number of methoxy groups -OCH3 is 1. The number of morpholine rings is 1. The summed E-state index contributed by atoms with van der Waals surface area (Å²) >= 11 is 0. The van der Waals surface area contributed by atoms with Crippen LogP contribution in [0.5, 0.6) is 0 Å². The van der Waals surface area contributed by atoms with Gasteiger partial charge in [-0.15, -0.1) is 0 Å². The lowest BCUT2D eigenvalue weighted by atomic mass is 10.4. The van der Waals surface area contributed by atoms with Crippen molar-refractivity contribution in [3.63, 3.8) is 0 Å². The molecule has 1 saturated heterocycles. The van der Waals surface area contributed by atoms with Crippen LogP contribution in [0.2, 0.25) is 0 Å². The van der Waals surface area contributed by atoms with Gasteiger partial charge >= 0.3 is 0 Å².